The van der Waals surface area contributed by atoms with Gasteiger partial charge in [0, 0.05) is 4.88 Å². The van der Waals surface area contributed by atoms with E-state index in [2.05, 4.69) is 5.32 Å². The van der Waals surface area contributed by atoms with Crippen LogP contribution >= 0.6 is 23.1 Å². The minimum Gasteiger partial charge on any atom is -0.494 e. The van der Waals surface area contributed by atoms with Crippen molar-refractivity contribution >= 4 is 45.3 Å². The number of benzene rings is 1. The molecule has 1 aromatic carbocycles. The number of ether oxygens (including phenoxy) is 2. The van der Waals surface area contributed by atoms with E-state index in [0.29, 0.717) is 33.4 Å². The van der Waals surface area contributed by atoms with Crippen molar-refractivity contribution in [2.75, 3.05) is 19.0 Å². The van der Waals surface area contributed by atoms with Crippen molar-refractivity contribution in [3.63, 3.8) is 0 Å². The number of alkyl carbamates (subject to hydrolysis) is 1. The highest BCUT2D eigenvalue weighted by molar-refractivity contribution is 7.99. The van der Waals surface area contributed by atoms with E-state index >= 15 is 0 Å². The number of aryl methyl sites for hydroxylation is 2. The van der Waals surface area contributed by atoms with Crippen molar-refractivity contribution in [2.45, 2.75) is 44.7 Å². The van der Waals surface area contributed by atoms with Gasteiger partial charge in [-0.1, -0.05) is 11.8 Å². The zero-order valence-electron chi connectivity index (χ0n) is 18.5. The van der Waals surface area contributed by atoms with Crippen molar-refractivity contribution < 1.29 is 19.1 Å². The monoisotopic (exact) mass is 487 g/mol. The fraction of sp³-hybridized carbons (Fsp3) is 0.391. The van der Waals surface area contributed by atoms with Gasteiger partial charge < -0.3 is 9.47 Å². The number of hydrogen-bond donors (Lipinski definition) is 1. The van der Waals surface area contributed by atoms with Gasteiger partial charge in [-0.05, 0) is 69.4 Å². The molecule has 0 aliphatic heterocycles. The average Bonchev–Trinajstić information content (AvgIpc) is 3.17. The lowest BCUT2D eigenvalue weighted by molar-refractivity contribution is -0.117. The SMILES string of the molecule is CCOC(=O)NC(=O)CSc1nc2sc3c(c2c(=O)n1-c1ccc(OCC)cc1)CCCC3. The van der Waals surface area contributed by atoms with Gasteiger partial charge in [-0.15, -0.1) is 11.3 Å². The van der Waals surface area contributed by atoms with E-state index < -0.39 is 12.0 Å². The standard InChI is InChI=1S/C23H25N3O5S2/c1-3-30-15-11-9-14(10-12-15)26-21(28)19-16-7-5-6-8-17(16)33-20(19)25-22(26)32-13-18(27)24-23(29)31-4-2/h9-12H,3-8,13H2,1-2H3,(H,24,27,29). The molecule has 2 amide bonds. The van der Waals surface area contributed by atoms with Gasteiger partial charge in [-0.2, -0.15) is 0 Å². The number of fused-ring (bicyclic) bond motifs is 3. The molecule has 1 aliphatic rings. The van der Waals surface area contributed by atoms with Gasteiger partial charge in [-0.3, -0.25) is 19.5 Å². The Hall–Kier alpha value is -2.85. The summed E-state index contributed by atoms with van der Waals surface area (Å²) < 4.78 is 11.8. The Kier molecular flexibility index (Phi) is 7.34. The number of nitrogens with zero attached hydrogens (tertiary/aromatic N) is 2. The quantitative estimate of drug-likeness (QED) is 0.396. The van der Waals surface area contributed by atoms with Crippen LogP contribution in [0, 0.1) is 0 Å². The van der Waals surface area contributed by atoms with Crippen LogP contribution in [0.2, 0.25) is 0 Å². The molecule has 1 N–H and O–H groups in total. The van der Waals surface area contributed by atoms with Crippen LogP contribution in [0.5, 0.6) is 5.75 Å². The van der Waals surface area contributed by atoms with Gasteiger partial charge in [0.2, 0.25) is 5.91 Å². The fourth-order valence-corrected chi connectivity index (χ4v) is 5.93. The van der Waals surface area contributed by atoms with Gasteiger partial charge in [0.15, 0.2) is 5.16 Å². The first-order valence-electron chi connectivity index (χ1n) is 10.9. The lowest BCUT2D eigenvalue weighted by atomic mass is 9.97. The van der Waals surface area contributed by atoms with E-state index in [1.54, 1.807) is 35.0 Å². The minimum atomic E-state index is -0.790. The van der Waals surface area contributed by atoms with Gasteiger partial charge in [0.05, 0.1) is 30.0 Å². The van der Waals surface area contributed by atoms with Crippen LogP contribution in [0.15, 0.2) is 34.2 Å². The van der Waals surface area contributed by atoms with Crippen LogP contribution in [-0.4, -0.2) is 40.5 Å². The highest BCUT2D eigenvalue weighted by Gasteiger charge is 2.23. The van der Waals surface area contributed by atoms with E-state index in [1.807, 2.05) is 19.1 Å². The molecule has 0 saturated carbocycles. The van der Waals surface area contributed by atoms with E-state index in [1.165, 1.54) is 4.88 Å². The van der Waals surface area contributed by atoms with Crippen molar-refractivity contribution in [3.05, 3.63) is 45.1 Å². The molecule has 33 heavy (non-hydrogen) atoms. The first kappa shape index (κ1) is 23.3. The van der Waals surface area contributed by atoms with Crippen molar-refractivity contribution in [1.82, 2.24) is 14.9 Å². The molecular formula is C23H25N3O5S2. The molecule has 0 fully saturated rings. The Morgan fingerprint density at radius 2 is 1.91 bits per heavy atom. The van der Waals surface area contributed by atoms with Crippen LogP contribution in [0.1, 0.15) is 37.1 Å². The number of aromatic nitrogens is 2. The molecule has 0 atom stereocenters. The molecule has 2 aromatic heterocycles. The Bertz CT molecular complexity index is 1230. The highest BCUT2D eigenvalue weighted by Crippen LogP contribution is 2.35. The third-order valence-corrected chi connectivity index (χ3v) is 7.34. The number of amides is 2. The predicted molar refractivity (Wildman–Crippen MR) is 129 cm³/mol. The number of thioether (sulfide) groups is 1. The smallest absolute Gasteiger partial charge is 0.413 e. The lowest BCUT2D eigenvalue weighted by Gasteiger charge is -2.14. The number of nitrogens with one attached hydrogen (secondary N) is 1. The minimum absolute atomic E-state index is 0.0844. The molecule has 174 valence electrons. The summed E-state index contributed by atoms with van der Waals surface area (Å²) in [6.45, 7) is 4.29. The average molecular weight is 488 g/mol. The summed E-state index contributed by atoms with van der Waals surface area (Å²) >= 11 is 2.67. The maximum Gasteiger partial charge on any atom is 0.413 e. The molecule has 0 radical (unpaired) electrons. The van der Waals surface area contributed by atoms with Crippen molar-refractivity contribution in [2.24, 2.45) is 0 Å². The summed E-state index contributed by atoms with van der Waals surface area (Å²) in [4.78, 5) is 44.2. The molecule has 1 aliphatic carbocycles. The molecule has 3 aromatic rings. The lowest BCUT2D eigenvalue weighted by Crippen LogP contribution is -2.32. The van der Waals surface area contributed by atoms with E-state index in [0.717, 1.165) is 43.0 Å². The Labute approximate surface area is 199 Å². The molecule has 8 nitrogen and oxygen atoms in total. The second kappa shape index (κ2) is 10.4. The van der Waals surface area contributed by atoms with E-state index in [4.69, 9.17) is 14.5 Å². The number of rotatable bonds is 7. The summed E-state index contributed by atoms with van der Waals surface area (Å²) in [6, 6.07) is 7.23. The first-order valence-corrected chi connectivity index (χ1v) is 12.7. The molecule has 0 saturated heterocycles. The van der Waals surface area contributed by atoms with E-state index in [9.17, 15) is 14.4 Å². The van der Waals surface area contributed by atoms with Crippen LogP contribution < -0.4 is 15.6 Å². The molecular weight excluding hydrogens is 462 g/mol. The number of carbonyl (C=O) groups excluding carboxylic acids is 2. The normalized spacial score (nSPS) is 12.9. The fourth-order valence-electron chi connectivity index (χ4n) is 3.82. The molecule has 4 rings (SSSR count). The van der Waals surface area contributed by atoms with Crippen molar-refractivity contribution in [1.29, 1.82) is 0 Å². The maximum atomic E-state index is 13.7. The molecule has 0 spiro atoms. The Morgan fingerprint density at radius 1 is 1.15 bits per heavy atom. The topological polar surface area (TPSA) is 99.5 Å². The zero-order chi connectivity index (χ0) is 23.4. The molecule has 0 unspecified atom stereocenters. The number of carbonyl (C=O) groups is 2. The Morgan fingerprint density at radius 3 is 2.64 bits per heavy atom. The number of imide groups is 1. The summed E-state index contributed by atoms with van der Waals surface area (Å²) in [5.41, 5.74) is 1.61. The third kappa shape index (κ3) is 5.06. The van der Waals surface area contributed by atoms with Crippen LogP contribution in [0.4, 0.5) is 4.79 Å². The van der Waals surface area contributed by atoms with Gasteiger partial charge in [-0.25, -0.2) is 9.78 Å². The number of hydrogen-bond acceptors (Lipinski definition) is 8. The molecule has 0 bridgehead atoms. The summed E-state index contributed by atoms with van der Waals surface area (Å²) in [5.74, 6) is 0.106. The Balaban J connectivity index is 1.73. The first-order chi connectivity index (χ1) is 16.0. The van der Waals surface area contributed by atoms with E-state index in [-0.39, 0.29) is 17.9 Å². The maximum absolute atomic E-state index is 13.7. The zero-order valence-corrected chi connectivity index (χ0v) is 20.1. The van der Waals surface area contributed by atoms with Crippen molar-refractivity contribution in [3.8, 4) is 11.4 Å². The van der Waals surface area contributed by atoms with Crippen LogP contribution in [-0.2, 0) is 22.4 Å². The largest absolute Gasteiger partial charge is 0.494 e. The third-order valence-electron chi connectivity index (χ3n) is 5.21. The highest BCUT2D eigenvalue weighted by atomic mass is 32.2. The molecule has 10 heteroatoms. The second-order valence-electron chi connectivity index (χ2n) is 7.41. The van der Waals surface area contributed by atoms with Gasteiger partial charge >= 0.3 is 6.09 Å². The number of thiophene rings is 1. The molecule has 2 heterocycles. The predicted octanol–water partition coefficient (Wildman–Crippen LogP) is 4.09. The summed E-state index contributed by atoms with van der Waals surface area (Å²) in [7, 11) is 0. The second-order valence-corrected chi connectivity index (χ2v) is 9.44. The van der Waals surface area contributed by atoms with Gasteiger partial charge in [0.1, 0.15) is 10.6 Å². The summed E-state index contributed by atoms with van der Waals surface area (Å²) in [5, 5.41) is 3.24. The summed E-state index contributed by atoms with van der Waals surface area (Å²) in [6.07, 6.45) is 3.23. The van der Waals surface area contributed by atoms with Crippen LogP contribution in [0.3, 0.4) is 0 Å². The van der Waals surface area contributed by atoms with Gasteiger partial charge in [0.25, 0.3) is 5.56 Å². The van der Waals surface area contributed by atoms with Crippen LogP contribution in [0.25, 0.3) is 15.9 Å².